The highest BCUT2D eigenvalue weighted by molar-refractivity contribution is 5.08. The predicted octanol–water partition coefficient (Wildman–Crippen LogP) is 1.64. The molecule has 2 N–H and O–H groups in total. The number of H-pyrrole nitrogens is 1. The van der Waals surface area contributed by atoms with E-state index in [4.69, 9.17) is 4.42 Å². The van der Waals surface area contributed by atoms with Crippen molar-refractivity contribution in [3.8, 4) is 0 Å². The van der Waals surface area contributed by atoms with Crippen LogP contribution in [0.3, 0.4) is 0 Å². The lowest BCUT2D eigenvalue weighted by Gasteiger charge is -2.01. The van der Waals surface area contributed by atoms with Crippen LogP contribution in [-0.2, 0) is 13.0 Å². The summed E-state index contributed by atoms with van der Waals surface area (Å²) in [7, 11) is 0. The Bertz CT molecular complexity index is 392. The number of nitrogens with zero attached hydrogens (tertiary/aromatic N) is 1. The first-order valence-electron chi connectivity index (χ1n) is 5.08. The first-order chi connectivity index (χ1) is 7.36. The summed E-state index contributed by atoms with van der Waals surface area (Å²) in [5, 5.41) is 3.32. The van der Waals surface area contributed by atoms with Gasteiger partial charge in [-0.1, -0.05) is 0 Å². The molecule has 0 radical (unpaired) electrons. The Balaban J connectivity index is 1.70. The molecule has 0 amide bonds. The van der Waals surface area contributed by atoms with E-state index in [2.05, 4.69) is 15.3 Å². The van der Waals surface area contributed by atoms with Gasteiger partial charge in [-0.25, -0.2) is 4.98 Å². The third-order valence-corrected chi connectivity index (χ3v) is 2.36. The molecule has 0 aliphatic carbocycles. The van der Waals surface area contributed by atoms with E-state index >= 15 is 0 Å². The van der Waals surface area contributed by atoms with Gasteiger partial charge in [0.1, 0.15) is 5.76 Å². The maximum absolute atomic E-state index is 5.23. The fourth-order valence-electron chi connectivity index (χ4n) is 1.44. The molecule has 15 heavy (non-hydrogen) atoms. The van der Waals surface area contributed by atoms with Crippen LogP contribution >= 0.6 is 0 Å². The van der Waals surface area contributed by atoms with Gasteiger partial charge in [-0.15, -0.1) is 0 Å². The molecule has 0 unspecified atom stereocenters. The Morgan fingerprint density at radius 1 is 1.53 bits per heavy atom. The Morgan fingerprint density at radius 3 is 3.13 bits per heavy atom. The van der Waals surface area contributed by atoms with Gasteiger partial charge in [0, 0.05) is 25.2 Å². The minimum Gasteiger partial charge on any atom is -0.469 e. The Labute approximate surface area is 88.7 Å². The summed E-state index contributed by atoms with van der Waals surface area (Å²) in [5.74, 6) is 1.02. The second kappa shape index (κ2) is 4.79. The number of aromatic nitrogens is 2. The van der Waals surface area contributed by atoms with E-state index in [0.717, 1.165) is 36.7 Å². The molecular weight excluding hydrogens is 190 g/mol. The van der Waals surface area contributed by atoms with Crippen molar-refractivity contribution in [2.24, 2.45) is 0 Å². The molecule has 0 aliphatic heterocycles. The van der Waals surface area contributed by atoms with E-state index in [1.807, 2.05) is 19.1 Å². The molecule has 0 aromatic carbocycles. The molecule has 80 valence electrons. The van der Waals surface area contributed by atoms with Crippen molar-refractivity contribution < 1.29 is 4.42 Å². The summed E-state index contributed by atoms with van der Waals surface area (Å²) in [6.07, 6.45) is 4.34. The number of aryl methyl sites for hydroxylation is 1. The molecule has 2 aromatic rings. The Kier molecular flexibility index (Phi) is 3.19. The second-order valence-corrected chi connectivity index (χ2v) is 3.48. The SMILES string of the molecule is Cc1[nH]cnc1CNCCc1ccco1. The van der Waals surface area contributed by atoms with E-state index in [9.17, 15) is 0 Å². The molecule has 4 heteroatoms. The maximum atomic E-state index is 5.23. The average molecular weight is 205 g/mol. The highest BCUT2D eigenvalue weighted by Crippen LogP contribution is 2.01. The number of imidazole rings is 1. The summed E-state index contributed by atoms with van der Waals surface area (Å²) in [5.41, 5.74) is 2.20. The summed E-state index contributed by atoms with van der Waals surface area (Å²) in [4.78, 5) is 7.26. The number of hydrogen-bond donors (Lipinski definition) is 2. The Hall–Kier alpha value is -1.55. The van der Waals surface area contributed by atoms with Crippen molar-refractivity contribution >= 4 is 0 Å². The van der Waals surface area contributed by atoms with Gasteiger partial charge >= 0.3 is 0 Å². The molecule has 0 aliphatic rings. The zero-order chi connectivity index (χ0) is 10.5. The average Bonchev–Trinajstić information content (AvgIpc) is 2.85. The molecule has 0 fully saturated rings. The minimum atomic E-state index is 0.802. The molecule has 2 aromatic heterocycles. The third kappa shape index (κ3) is 2.70. The zero-order valence-corrected chi connectivity index (χ0v) is 8.79. The van der Waals surface area contributed by atoms with Crippen LogP contribution in [0.5, 0.6) is 0 Å². The molecule has 0 bridgehead atoms. The number of hydrogen-bond acceptors (Lipinski definition) is 3. The van der Waals surface area contributed by atoms with Crippen LogP contribution in [0.4, 0.5) is 0 Å². The van der Waals surface area contributed by atoms with Crippen LogP contribution < -0.4 is 5.32 Å². The fraction of sp³-hybridized carbons (Fsp3) is 0.364. The molecule has 0 saturated carbocycles. The first kappa shape index (κ1) is 9.98. The van der Waals surface area contributed by atoms with E-state index in [1.165, 1.54) is 0 Å². The normalized spacial score (nSPS) is 10.7. The van der Waals surface area contributed by atoms with Gasteiger partial charge in [0.2, 0.25) is 0 Å². The van der Waals surface area contributed by atoms with Gasteiger partial charge in [-0.2, -0.15) is 0 Å². The van der Waals surface area contributed by atoms with E-state index in [1.54, 1.807) is 12.6 Å². The van der Waals surface area contributed by atoms with Gasteiger partial charge < -0.3 is 14.7 Å². The van der Waals surface area contributed by atoms with Gasteiger partial charge in [0.25, 0.3) is 0 Å². The Morgan fingerprint density at radius 2 is 2.47 bits per heavy atom. The van der Waals surface area contributed by atoms with Gasteiger partial charge in [-0.05, 0) is 19.1 Å². The van der Waals surface area contributed by atoms with Crippen molar-refractivity contribution in [3.05, 3.63) is 41.9 Å². The quantitative estimate of drug-likeness (QED) is 0.730. The van der Waals surface area contributed by atoms with Crippen molar-refractivity contribution in [1.29, 1.82) is 0 Å². The van der Waals surface area contributed by atoms with Crippen LogP contribution in [0.15, 0.2) is 29.1 Å². The largest absolute Gasteiger partial charge is 0.469 e. The maximum Gasteiger partial charge on any atom is 0.105 e. The number of furan rings is 1. The lowest BCUT2D eigenvalue weighted by Crippen LogP contribution is -2.17. The molecule has 4 nitrogen and oxygen atoms in total. The molecule has 0 saturated heterocycles. The van der Waals surface area contributed by atoms with Crippen molar-refractivity contribution in [1.82, 2.24) is 15.3 Å². The van der Waals surface area contributed by atoms with Crippen molar-refractivity contribution in [3.63, 3.8) is 0 Å². The lowest BCUT2D eigenvalue weighted by molar-refractivity contribution is 0.498. The first-order valence-corrected chi connectivity index (χ1v) is 5.08. The van der Waals surface area contributed by atoms with Gasteiger partial charge in [0.15, 0.2) is 0 Å². The standard InChI is InChI=1S/C11H15N3O/c1-9-11(14-8-13-9)7-12-5-4-10-3-2-6-15-10/h2-3,6,8,12H,4-5,7H2,1H3,(H,13,14). The topological polar surface area (TPSA) is 53.9 Å². The molecular formula is C11H15N3O. The van der Waals surface area contributed by atoms with Gasteiger partial charge in [0.05, 0.1) is 18.3 Å². The second-order valence-electron chi connectivity index (χ2n) is 3.48. The van der Waals surface area contributed by atoms with Crippen LogP contribution in [-0.4, -0.2) is 16.5 Å². The van der Waals surface area contributed by atoms with Crippen LogP contribution in [0, 0.1) is 6.92 Å². The molecule has 0 spiro atoms. The predicted molar refractivity (Wildman–Crippen MR) is 57.4 cm³/mol. The smallest absolute Gasteiger partial charge is 0.105 e. The van der Waals surface area contributed by atoms with Crippen LogP contribution in [0.2, 0.25) is 0 Å². The van der Waals surface area contributed by atoms with E-state index in [0.29, 0.717) is 0 Å². The summed E-state index contributed by atoms with van der Waals surface area (Å²) in [6.45, 7) is 3.73. The number of rotatable bonds is 5. The highest BCUT2D eigenvalue weighted by atomic mass is 16.3. The lowest BCUT2D eigenvalue weighted by atomic mass is 10.3. The van der Waals surface area contributed by atoms with Crippen LogP contribution in [0.25, 0.3) is 0 Å². The van der Waals surface area contributed by atoms with Crippen LogP contribution in [0.1, 0.15) is 17.1 Å². The summed E-state index contributed by atoms with van der Waals surface area (Å²) in [6, 6.07) is 3.90. The minimum absolute atomic E-state index is 0.802. The van der Waals surface area contributed by atoms with Gasteiger partial charge in [-0.3, -0.25) is 0 Å². The zero-order valence-electron chi connectivity index (χ0n) is 8.79. The number of aromatic amines is 1. The summed E-state index contributed by atoms with van der Waals surface area (Å²) < 4.78 is 5.23. The van der Waals surface area contributed by atoms with E-state index in [-0.39, 0.29) is 0 Å². The van der Waals surface area contributed by atoms with Crippen molar-refractivity contribution in [2.45, 2.75) is 19.9 Å². The van der Waals surface area contributed by atoms with E-state index < -0.39 is 0 Å². The summed E-state index contributed by atoms with van der Waals surface area (Å²) >= 11 is 0. The molecule has 2 heterocycles. The monoisotopic (exact) mass is 205 g/mol. The molecule has 0 atom stereocenters. The number of nitrogens with one attached hydrogen (secondary N) is 2. The van der Waals surface area contributed by atoms with Crippen molar-refractivity contribution in [2.75, 3.05) is 6.54 Å². The fourth-order valence-corrected chi connectivity index (χ4v) is 1.44. The highest BCUT2D eigenvalue weighted by Gasteiger charge is 2.00. The molecule has 2 rings (SSSR count). The third-order valence-electron chi connectivity index (χ3n) is 2.36.